The van der Waals surface area contributed by atoms with E-state index in [0.29, 0.717) is 0 Å². The summed E-state index contributed by atoms with van der Waals surface area (Å²) in [4.78, 5) is 0. The third-order valence-electron chi connectivity index (χ3n) is 0.0645. The van der Waals surface area contributed by atoms with Gasteiger partial charge in [-0.1, -0.05) is 0 Å². The molecule has 0 rings (SSSR count). The normalized spacial score (nSPS) is 5.00. The van der Waals surface area contributed by atoms with Gasteiger partial charge in [-0.3, -0.25) is 0 Å². The fourth-order valence-corrected chi connectivity index (χ4v) is 0. The zero-order valence-electron chi connectivity index (χ0n) is 2.06. The third kappa shape index (κ3) is 1.45. The molecule has 0 bridgehead atoms. The Kier molecular flexibility index (Phi) is 2.11. The van der Waals surface area contributed by atoms with Gasteiger partial charge in [0.25, 0.3) is 0 Å². The standard InChI is InChI=1S/C2H2NO/c3-1-2-4/h2H2. The highest BCUT2D eigenvalue weighted by Crippen LogP contribution is 1.37. The van der Waals surface area contributed by atoms with Crippen molar-refractivity contribution in [2.75, 3.05) is 6.61 Å². The van der Waals surface area contributed by atoms with Crippen molar-refractivity contribution in [3.8, 4) is 6.07 Å². The van der Waals surface area contributed by atoms with Crippen LogP contribution in [-0.2, 0) is 5.11 Å². The number of hydrogen-bond acceptors (Lipinski definition) is 1. The lowest BCUT2D eigenvalue weighted by Gasteiger charge is -1.44. The summed E-state index contributed by atoms with van der Waals surface area (Å²) in [6.45, 7) is -0.625. The van der Waals surface area contributed by atoms with Gasteiger partial charge in [0.05, 0.1) is 6.07 Å². The maximum Gasteiger partial charge on any atom is 0.169 e. The molecule has 0 aliphatic rings. The van der Waals surface area contributed by atoms with E-state index in [-0.39, 0.29) is 0 Å². The molecule has 2 nitrogen and oxygen atoms in total. The Morgan fingerprint density at radius 1 is 2.00 bits per heavy atom. The summed E-state index contributed by atoms with van der Waals surface area (Å²) < 4.78 is 0. The van der Waals surface area contributed by atoms with E-state index in [2.05, 4.69) is 0 Å². The first-order chi connectivity index (χ1) is 1.91. The number of rotatable bonds is 0. The Morgan fingerprint density at radius 2 is 2.25 bits per heavy atom. The maximum atomic E-state index is 8.94. The summed E-state index contributed by atoms with van der Waals surface area (Å²) >= 11 is 0. The van der Waals surface area contributed by atoms with Crippen molar-refractivity contribution in [3.63, 3.8) is 0 Å². The highest BCUT2D eigenvalue weighted by molar-refractivity contribution is 4.62. The van der Waals surface area contributed by atoms with Crippen LogP contribution in [0, 0.1) is 11.3 Å². The van der Waals surface area contributed by atoms with E-state index in [1.807, 2.05) is 0 Å². The van der Waals surface area contributed by atoms with Gasteiger partial charge in [-0.25, -0.2) is 5.11 Å². The molecule has 0 aromatic carbocycles. The molecule has 0 aliphatic carbocycles. The molecule has 0 saturated heterocycles. The lowest BCUT2D eigenvalue weighted by molar-refractivity contribution is 0.237. The molecule has 0 aromatic heterocycles. The van der Waals surface area contributed by atoms with Crippen molar-refractivity contribution in [3.05, 3.63) is 0 Å². The van der Waals surface area contributed by atoms with Crippen LogP contribution in [0.1, 0.15) is 0 Å². The van der Waals surface area contributed by atoms with Crippen LogP contribution >= 0.6 is 0 Å². The summed E-state index contributed by atoms with van der Waals surface area (Å²) in [5.74, 6) is 0. The van der Waals surface area contributed by atoms with E-state index in [1.165, 1.54) is 6.07 Å². The van der Waals surface area contributed by atoms with Crippen molar-refractivity contribution in [1.29, 1.82) is 5.26 Å². The van der Waals surface area contributed by atoms with Gasteiger partial charge in [0, 0.05) is 0 Å². The molecule has 2 heteroatoms. The molecule has 0 aromatic rings. The van der Waals surface area contributed by atoms with Gasteiger partial charge < -0.3 is 0 Å². The van der Waals surface area contributed by atoms with E-state index < -0.39 is 6.61 Å². The number of nitrogens with zero attached hydrogens (tertiary/aromatic N) is 1. The van der Waals surface area contributed by atoms with E-state index in [1.54, 1.807) is 0 Å². The van der Waals surface area contributed by atoms with E-state index in [9.17, 15) is 0 Å². The molecule has 0 saturated carbocycles. The summed E-state index contributed by atoms with van der Waals surface area (Å²) in [5.41, 5.74) is 0. The van der Waals surface area contributed by atoms with Crippen molar-refractivity contribution >= 4 is 0 Å². The van der Waals surface area contributed by atoms with Crippen LogP contribution in [0.25, 0.3) is 0 Å². The fourth-order valence-electron chi connectivity index (χ4n) is 0. The van der Waals surface area contributed by atoms with Crippen LogP contribution in [0.4, 0.5) is 0 Å². The molecule has 0 spiro atoms. The van der Waals surface area contributed by atoms with Gasteiger partial charge >= 0.3 is 0 Å². The van der Waals surface area contributed by atoms with Crippen LogP contribution in [0.5, 0.6) is 0 Å². The minimum atomic E-state index is -0.625. The van der Waals surface area contributed by atoms with Crippen LogP contribution in [0.3, 0.4) is 0 Å². The van der Waals surface area contributed by atoms with Gasteiger partial charge in [0.2, 0.25) is 0 Å². The molecule has 1 radical (unpaired) electrons. The van der Waals surface area contributed by atoms with Crippen LogP contribution < -0.4 is 0 Å². The molecule has 0 unspecified atom stereocenters. The zero-order chi connectivity index (χ0) is 3.41. The molecule has 0 fully saturated rings. The van der Waals surface area contributed by atoms with Gasteiger partial charge in [-0.05, 0) is 0 Å². The smallest absolute Gasteiger partial charge is 0.169 e. The Hall–Kier alpha value is -0.550. The molecule has 0 aliphatic heterocycles. The Balaban J connectivity index is 2.43. The first-order valence-corrected chi connectivity index (χ1v) is 0.866. The third-order valence-corrected chi connectivity index (χ3v) is 0.0645. The van der Waals surface area contributed by atoms with Crippen molar-refractivity contribution < 1.29 is 5.11 Å². The van der Waals surface area contributed by atoms with Crippen LogP contribution in [0.15, 0.2) is 0 Å². The minimum Gasteiger partial charge on any atom is -0.220 e. The van der Waals surface area contributed by atoms with E-state index in [4.69, 9.17) is 10.4 Å². The molecular formula is C2H2NO. The predicted molar refractivity (Wildman–Crippen MR) is 11.2 cm³/mol. The van der Waals surface area contributed by atoms with Crippen LogP contribution in [0.2, 0.25) is 0 Å². The topological polar surface area (TPSA) is 43.7 Å². The largest absolute Gasteiger partial charge is 0.220 e. The quantitative estimate of drug-likeness (QED) is 0.383. The average Bonchev–Trinajstić information content (AvgIpc) is 1.37. The second-order valence-corrected chi connectivity index (χ2v) is 0.302. The van der Waals surface area contributed by atoms with E-state index in [0.717, 1.165) is 0 Å². The molecule has 21 valence electrons. The number of nitriles is 1. The first-order valence-electron chi connectivity index (χ1n) is 0.866. The van der Waals surface area contributed by atoms with Gasteiger partial charge in [-0.15, -0.1) is 0 Å². The summed E-state index contributed by atoms with van der Waals surface area (Å²) in [6.07, 6.45) is 0. The molecule has 4 heavy (non-hydrogen) atoms. The molecule has 0 atom stereocenters. The Morgan fingerprint density at radius 3 is 2.25 bits per heavy atom. The van der Waals surface area contributed by atoms with Gasteiger partial charge in [-0.2, -0.15) is 5.26 Å². The Bertz CT molecular complexity index is 35.8. The second kappa shape index (κ2) is 2.45. The summed E-state index contributed by atoms with van der Waals surface area (Å²) in [7, 11) is 0. The lowest BCUT2D eigenvalue weighted by atomic mass is 10.9. The maximum absolute atomic E-state index is 8.94. The zero-order valence-corrected chi connectivity index (χ0v) is 2.06. The fraction of sp³-hybridized carbons (Fsp3) is 0.500. The van der Waals surface area contributed by atoms with Crippen LogP contribution in [-0.4, -0.2) is 6.61 Å². The van der Waals surface area contributed by atoms with Gasteiger partial charge in [0.15, 0.2) is 6.61 Å². The Labute approximate surface area is 24.3 Å². The highest BCUT2D eigenvalue weighted by Gasteiger charge is 1.54. The minimum absolute atomic E-state index is 0.625. The second-order valence-electron chi connectivity index (χ2n) is 0.302. The van der Waals surface area contributed by atoms with Crippen molar-refractivity contribution in [2.45, 2.75) is 0 Å². The molecule has 0 N–H and O–H groups in total. The van der Waals surface area contributed by atoms with Gasteiger partial charge in [0.1, 0.15) is 0 Å². The molecular weight excluding hydrogens is 54.0 g/mol. The molecule has 0 heterocycles. The van der Waals surface area contributed by atoms with Crippen molar-refractivity contribution in [2.24, 2.45) is 0 Å². The highest BCUT2D eigenvalue weighted by atomic mass is 16.2. The number of hydrogen-bond donors (Lipinski definition) is 0. The SMILES string of the molecule is N#CC[O]. The van der Waals surface area contributed by atoms with Crippen molar-refractivity contribution in [1.82, 2.24) is 0 Å². The summed E-state index contributed by atoms with van der Waals surface area (Å²) in [5, 5.41) is 16.2. The molecule has 0 amide bonds. The first kappa shape index (κ1) is 3.45. The predicted octanol–water partition coefficient (Wildman–Crippen LogP) is -0.0595. The van der Waals surface area contributed by atoms with E-state index >= 15 is 0 Å². The summed E-state index contributed by atoms with van der Waals surface area (Å²) in [6, 6.07) is 1.38. The average molecular weight is 56.0 g/mol. The lowest BCUT2D eigenvalue weighted by Crippen LogP contribution is -1.60. The monoisotopic (exact) mass is 56.0 g/mol.